The van der Waals surface area contributed by atoms with Crippen LogP contribution in [0, 0.1) is 5.82 Å². The highest BCUT2D eigenvalue weighted by Crippen LogP contribution is 2.28. The molecule has 0 saturated carbocycles. The average molecular weight is 463 g/mol. The molecule has 4 aromatic rings. The van der Waals surface area contributed by atoms with E-state index in [4.69, 9.17) is 9.84 Å². The van der Waals surface area contributed by atoms with Gasteiger partial charge in [-0.2, -0.15) is 5.10 Å². The van der Waals surface area contributed by atoms with Crippen molar-refractivity contribution >= 4 is 22.9 Å². The largest absolute Gasteiger partial charge is 0.497 e. The Bertz CT molecular complexity index is 1250. The van der Waals surface area contributed by atoms with Crippen LogP contribution in [0.25, 0.3) is 16.3 Å². The first-order valence-electron chi connectivity index (χ1n) is 10.7. The maximum absolute atomic E-state index is 14.2. The highest BCUT2D eigenvalue weighted by molar-refractivity contribution is 7.13. The van der Waals surface area contributed by atoms with Crippen LogP contribution in [0.2, 0.25) is 0 Å². The highest BCUT2D eigenvalue weighted by Gasteiger charge is 2.27. The van der Waals surface area contributed by atoms with Gasteiger partial charge < -0.3 is 14.5 Å². The Labute approximate surface area is 195 Å². The minimum absolute atomic E-state index is 0.0886. The number of ether oxygens (including phenoxy) is 1. The maximum Gasteiger partial charge on any atom is 0.272 e. The average Bonchev–Trinajstić information content (AvgIpc) is 3.55. The quantitative estimate of drug-likeness (QED) is 0.431. The molecule has 1 fully saturated rings. The van der Waals surface area contributed by atoms with Gasteiger partial charge in [0.15, 0.2) is 0 Å². The van der Waals surface area contributed by atoms with Gasteiger partial charge in [0.05, 0.1) is 23.4 Å². The summed E-state index contributed by atoms with van der Waals surface area (Å²) in [5, 5.41) is 6.74. The molecule has 0 atom stereocenters. The van der Waals surface area contributed by atoms with Crippen LogP contribution in [0.15, 0.2) is 72.1 Å². The zero-order valence-electron chi connectivity index (χ0n) is 18.1. The number of carbonyl (C=O) groups excluding carboxylic acids is 1. The molecule has 0 bridgehead atoms. The van der Waals surface area contributed by atoms with Crippen molar-refractivity contribution in [1.29, 1.82) is 0 Å². The Morgan fingerprint density at radius 3 is 2.42 bits per heavy atom. The van der Waals surface area contributed by atoms with Crippen molar-refractivity contribution in [3.63, 3.8) is 0 Å². The van der Waals surface area contributed by atoms with E-state index in [2.05, 4.69) is 0 Å². The number of thiophene rings is 1. The number of hydrogen-bond donors (Lipinski definition) is 0. The van der Waals surface area contributed by atoms with Crippen LogP contribution in [-0.2, 0) is 0 Å². The van der Waals surface area contributed by atoms with E-state index in [0.29, 0.717) is 37.6 Å². The number of carbonyl (C=O) groups is 1. The number of aromatic nitrogens is 2. The van der Waals surface area contributed by atoms with E-state index in [1.54, 1.807) is 35.3 Å². The highest BCUT2D eigenvalue weighted by atomic mass is 32.1. The molecule has 1 aliphatic heterocycles. The Morgan fingerprint density at radius 2 is 1.76 bits per heavy atom. The van der Waals surface area contributed by atoms with E-state index < -0.39 is 0 Å². The summed E-state index contributed by atoms with van der Waals surface area (Å²) >= 11 is 1.58. The molecule has 3 heterocycles. The summed E-state index contributed by atoms with van der Waals surface area (Å²) < 4.78 is 21.1. The van der Waals surface area contributed by atoms with Crippen molar-refractivity contribution in [2.75, 3.05) is 38.2 Å². The molecule has 1 saturated heterocycles. The molecule has 168 valence electrons. The zero-order valence-corrected chi connectivity index (χ0v) is 19.0. The third-order valence-corrected chi connectivity index (χ3v) is 6.67. The molecule has 1 amide bonds. The van der Waals surface area contributed by atoms with Gasteiger partial charge in [-0.25, -0.2) is 9.07 Å². The van der Waals surface area contributed by atoms with E-state index in [1.807, 2.05) is 63.7 Å². The molecule has 6 nitrogen and oxygen atoms in total. The zero-order chi connectivity index (χ0) is 22.8. The second-order valence-corrected chi connectivity index (χ2v) is 8.68. The van der Waals surface area contributed by atoms with Crippen molar-refractivity contribution in [3.05, 3.63) is 83.6 Å². The Morgan fingerprint density at radius 1 is 1.00 bits per heavy atom. The number of piperazine rings is 1. The lowest BCUT2D eigenvalue weighted by Crippen LogP contribution is -2.49. The number of hydrogen-bond acceptors (Lipinski definition) is 5. The molecule has 33 heavy (non-hydrogen) atoms. The fourth-order valence-electron chi connectivity index (χ4n) is 4.02. The van der Waals surface area contributed by atoms with E-state index in [9.17, 15) is 9.18 Å². The molecule has 2 aromatic carbocycles. The molecule has 0 radical (unpaired) electrons. The maximum atomic E-state index is 14.2. The fraction of sp³-hybridized carbons (Fsp3) is 0.200. The monoisotopic (exact) mass is 462 g/mol. The lowest BCUT2D eigenvalue weighted by molar-refractivity contribution is 0.0737. The Balaban J connectivity index is 1.42. The second kappa shape index (κ2) is 9.07. The van der Waals surface area contributed by atoms with Crippen LogP contribution in [0.4, 0.5) is 10.1 Å². The Hall–Kier alpha value is -3.65. The van der Waals surface area contributed by atoms with Gasteiger partial charge >= 0.3 is 0 Å². The minimum Gasteiger partial charge on any atom is -0.497 e. The molecule has 0 unspecified atom stereocenters. The molecular formula is C25H23FN4O2S. The lowest BCUT2D eigenvalue weighted by atomic mass is 10.2. The number of methoxy groups -OCH3 is 1. The molecule has 1 aliphatic rings. The van der Waals surface area contributed by atoms with E-state index in [0.717, 1.165) is 22.0 Å². The summed E-state index contributed by atoms with van der Waals surface area (Å²) in [5.41, 5.74) is 2.62. The third-order valence-electron chi connectivity index (χ3n) is 5.78. The van der Waals surface area contributed by atoms with E-state index >= 15 is 0 Å². The molecule has 0 aliphatic carbocycles. The summed E-state index contributed by atoms with van der Waals surface area (Å²) in [6, 6.07) is 20.0. The van der Waals surface area contributed by atoms with Gasteiger partial charge in [-0.15, -0.1) is 11.3 Å². The molecule has 5 rings (SSSR count). The Kier molecular flexibility index (Phi) is 5.83. The van der Waals surface area contributed by atoms with Crippen LogP contribution in [-0.4, -0.2) is 53.9 Å². The fourth-order valence-corrected chi connectivity index (χ4v) is 4.70. The first-order chi connectivity index (χ1) is 16.1. The number of nitrogens with zero attached hydrogens (tertiary/aromatic N) is 4. The first-order valence-corrected chi connectivity index (χ1v) is 11.6. The lowest BCUT2D eigenvalue weighted by Gasteiger charge is -2.36. The number of halogens is 1. The summed E-state index contributed by atoms with van der Waals surface area (Å²) in [7, 11) is 1.62. The van der Waals surface area contributed by atoms with E-state index in [1.165, 1.54) is 6.07 Å². The van der Waals surface area contributed by atoms with E-state index in [-0.39, 0.29) is 11.7 Å². The molecule has 2 aromatic heterocycles. The van der Waals surface area contributed by atoms with Crippen molar-refractivity contribution < 1.29 is 13.9 Å². The standard InChI is InChI=1S/C25H23FN4O2S/c1-32-19-10-8-18(9-11-19)30-23(17-21(27-30)24-7-4-16-33-24)25(31)29-14-12-28(13-15-29)22-6-3-2-5-20(22)26/h2-11,16-17H,12-15H2,1H3. The topological polar surface area (TPSA) is 50.6 Å². The predicted molar refractivity (Wildman–Crippen MR) is 128 cm³/mol. The van der Waals surface area contributed by atoms with Gasteiger partial charge in [0.25, 0.3) is 5.91 Å². The number of benzene rings is 2. The summed E-state index contributed by atoms with van der Waals surface area (Å²) in [4.78, 5) is 18.4. The number of anilines is 1. The van der Waals surface area contributed by atoms with Gasteiger partial charge in [-0.05, 0) is 53.9 Å². The van der Waals surface area contributed by atoms with Crippen molar-refractivity contribution in [3.8, 4) is 22.0 Å². The predicted octanol–water partition coefficient (Wildman–Crippen LogP) is 4.71. The third kappa shape index (κ3) is 4.21. The number of rotatable bonds is 5. The van der Waals surface area contributed by atoms with Gasteiger partial charge in [-0.3, -0.25) is 4.79 Å². The van der Waals surface area contributed by atoms with Crippen LogP contribution < -0.4 is 9.64 Å². The molecule has 8 heteroatoms. The van der Waals surface area contributed by atoms with Crippen LogP contribution in [0.5, 0.6) is 5.75 Å². The van der Waals surface area contributed by atoms with Gasteiger partial charge in [-0.1, -0.05) is 18.2 Å². The number of amides is 1. The summed E-state index contributed by atoms with van der Waals surface area (Å²) in [6.07, 6.45) is 0. The summed E-state index contributed by atoms with van der Waals surface area (Å²) in [5.74, 6) is 0.409. The van der Waals surface area contributed by atoms with Crippen LogP contribution in [0.1, 0.15) is 10.5 Å². The van der Waals surface area contributed by atoms with Crippen molar-refractivity contribution in [2.24, 2.45) is 0 Å². The second-order valence-electron chi connectivity index (χ2n) is 7.73. The van der Waals surface area contributed by atoms with Gasteiger partial charge in [0, 0.05) is 26.2 Å². The molecule has 0 N–H and O–H groups in total. The minimum atomic E-state index is -0.240. The van der Waals surface area contributed by atoms with Crippen molar-refractivity contribution in [2.45, 2.75) is 0 Å². The molecule has 0 spiro atoms. The van der Waals surface area contributed by atoms with Crippen molar-refractivity contribution in [1.82, 2.24) is 14.7 Å². The van der Waals surface area contributed by atoms with Gasteiger partial charge in [0.2, 0.25) is 0 Å². The number of para-hydroxylation sites is 1. The summed E-state index contributed by atoms with van der Waals surface area (Å²) in [6.45, 7) is 2.16. The normalized spacial score (nSPS) is 13.9. The molecular weight excluding hydrogens is 439 g/mol. The SMILES string of the molecule is COc1ccc(-n2nc(-c3cccs3)cc2C(=O)N2CCN(c3ccccc3F)CC2)cc1. The van der Waals surface area contributed by atoms with Gasteiger partial charge in [0.1, 0.15) is 23.0 Å². The van der Waals surface area contributed by atoms with Crippen LogP contribution >= 0.6 is 11.3 Å². The first kappa shape index (κ1) is 21.2. The smallest absolute Gasteiger partial charge is 0.272 e. The van der Waals surface area contributed by atoms with Crippen LogP contribution in [0.3, 0.4) is 0 Å².